The number of benzene rings is 1. The van der Waals surface area contributed by atoms with Crippen LogP contribution < -0.4 is 5.32 Å². The molecule has 0 aliphatic carbocycles. The molecule has 2 aromatic rings. The van der Waals surface area contributed by atoms with Crippen molar-refractivity contribution < 1.29 is 14.7 Å². The lowest BCUT2D eigenvalue weighted by Gasteiger charge is -2.21. The van der Waals surface area contributed by atoms with E-state index in [-0.39, 0.29) is 29.9 Å². The summed E-state index contributed by atoms with van der Waals surface area (Å²) in [4.78, 5) is 29.7. The lowest BCUT2D eigenvalue weighted by atomic mass is 10.1. The number of hydrogen-bond donors (Lipinski definition) is 2. The number of aromatic nitrogens is 1. The maximum Gasteiger partial charge on any atom is 0.273 e. The van der Waals surface area contributed by atoms with E-state index in [0.717, 1.165) is 5.56 Å². The summed E-state index contributed by atoms with van der Waals surface area (Å²) in [6.07, 6.45) is 1.44. The van der Waals surface area contributed by atoms with Crippen LogP contribution in [0.4, 0.5) is 0 Å². The highest BCUT2D eigenvalue weighted by Crippen LogP contribution is 2.13. The summed E-state index contributed by atoms with van der Waals surface area (Å²) in [6, 6.07) is 10.1. The van der Waals surface area contributed by atoms with Gasteiger partial charge in [0.05, 0.1) is 0 Å². The van der Waals surface area contributed by atoms with E-state index in [4.69, 9.17) is 0 Å². The number of rotatable bonds is 5. The Morgan fingerprint density at radius 1 is 1.21 bits per heavy atom. The molecule has 0 radical (unpaired) electrons. The van der Waals surface area contributed by atoms with Gasteiger partial charge in [0.15, 0.2) is 5.69 Å². The SMILES string of the molecule is CC(C)N(C)C(=O)c1ccc(CNC(=O)c2ncccc2O)cc1. The summed E-state index contributed by atoms with van der Waals surface area (Å²) in [6.45, 7) is 4.19. The standard InChI is InChI=1S/C18H21N3O3/c1-12(2)21(3)18(24)14-8-6-13(7-9-14)11-20-17(23)16-15(22)5-4-10-19-16/h4-10,12,22H,11H2,1-3H3,(H,20,23). The molecule has 6 heteroatoms. The van der Waals surface area contributed by atoms with Crippen molar-refractivity contribution in [1.82, 2.24) is 15.2 Å². The number of carbonyl (C=O) groups is 2. The van der Waals surface area contributed by atoms with Crippen LogP contribution in [0.5, 0.6) is 5.75 Å². The number of hydrogen-bond acceptors (Lipinski definition) is 4. The van der Waals surface area contributed by atoms with E-state index in [0.29, 0.717) is 5.56 Å². The van der Waals surface area contributed by atoms with Crippen LogP contribution in [-0.4, -0.2) is 39.9 Å². The Morgan fingerprint density at radius 2 is 1.88 bits per heavy atom. The molecular weight excluding hydrogens is 306 g/mol. The van der Waals surface area contributed by atoms with Crippen molar-refractivity contribution >= 4 is 11.8 Å². The van der Waals surface area contributed by atoms with Crippen molar-refractivity contribution in [2.24, 2.45) is 0 Å². The van der Waals surface area contributed by atoms with E-state index in [1.165, 1.54) is 12.3 Å². The predicted octanol–water partition coefficient (Wildman–Crippen LogP) is 2.20. The molecule has 2 amide bonds. The molecule has 0 aliphatic rings. The molecule has 6 nitrogen and oxygen atoms in total. The quantitative estimate of drug-likeness (QED) is 0.882. The van der Waals surface area contributed by atoms with Crippen molar-refractivity contribution in [1.29, 1.82) is 0 Å². The third-order valence-corrected chi connectivity index (χ3v) is 3.75. The van der Waals surface area contributed by atoms with Crippen molar-refractivity contribution in [3.05, 3.63) is 59.4 Å². The summed E-state index contributed by atoms with van der Waals surface area (Å²) < 4.78 is 0. The van der Waals surface area contributed by atoms with Gasteiger partial charge >= 0.3 is 0 Å². The third kappa shape index (κ3) is 4.10. The van der Waals surface area contributed by atoms with Gasteiger partial charge in [0.2, 0.25) is 0 Å². The zero-order valence-corrected chi connectivity index (χ0v) is 14.0. The van der Waals surface area contributed by atoms with Gasteiger partial charge in [-0.15, -0.1) is 0 Å². The summed E-state index contributed by atoms with van der Waals surface area (Å²) in [5.74, 6) is -0.653. The molecule has 1 aromatic carbocycles. The minimum absolute atomic E-state index is 0.0112. The van der Waals surface area contributed by atoms with Crippen LogP contribution in [0, 0.1) is 0 Å². The van der Waals surface area contributed by atoms with Gasteiger partial charge in [-0.25, -0.2) is 4.98 Å². The Kier molecular flexibility index (Phi) is 5.52. The summed E-state index contributed by atoms with van der Waals surface area (Å²) in [5, 5.41) is 12.3. The molecule has 0 fully saturated rings. The molecule has 24 heavy (non-hydrogen) atoms. The van der Waals surface area contributed by atoms with Crippen LogP contribution in [0.1, 0.15) is 40.3 Å². The Hall–Kier alpha value is -2.89. The second kappa shape index (κ2) is 7.59. The zero-order chi connectivity index (χ0) is 17.7. The Morgan fingerprint density at radius 3 is 2.46 bits per heavy atom. The van der Waals surface area contributed by atoms with Gasteiger partial charge in [-0.1, -0.05) is 12.1 Å². The molecular formula is C18H21N3O3. The van der Waals surface area contributed by atoms with Gasteiger partial charge in [0.25, 0.3) is 11.8 Å². The second-order valence-corrected chi connectivity index (χ2v) is 5.76. The van der Waals surface area contributed by atoms with Crippen molar-refractivity contribution in [2.45, 2.75) is 26.4 Å². The summed E-state index contributed by atoms with van der Waals surface area (Å²) >= 11 is 0. The second-order valence-electron chi connectivity index (χ2n) is 5.76. The fraction of sp³-hybridized carbons (Fsp3) is 0.278. The van der Waals surface area contributed by atoms with E-state index in [9.17, 15) is 14.7 Å². The summed E-state index contributed by atoms with van der Waals surface area (Å²) in [5.41, 5.74) is 1.44. The monoisotopic (exact) mass is 327 g/mol. The fourth-order valence-corrected chi connectivity index (χ4v) is 2.04. The van der Waals surface area contributed by atoms with Gasteiger partial charge in [-0.2, -0.15) is 0 Å². The van der Waals surface area contributed by atoms with Gasteiger partial charge < -0.3 is 15.3 Å². The van der Waals surface area contributed by atoms with E-state index < -0.39 is 5.91 Å². The highest BCUT2D eigenvalue weighted by atomic mass is 16.3. The first kappa shape index (κ1) is 17.5. The zero-order valence-electron chi connectivity index (χ0n) is 14.0. The van der Waals surface area contributed by atoms with Crippen LogP contribution in [0.25, 0.3) is 0 Å². The molecule has 0 unspecified atom stereocenters. The largest absolute Gasteiger partial charge is 0.505 e. The topological polar surface area (TPSA) is 82.5 Å². The van der Waals surface area contributed by atoms with Crippen LogP contribution >= 0.6 is 0 Å². The maximum absolute atomic E-state index is 12.2. The molecule has 0 aliphatic heterocycles. The van der Waals surface area contributed by atoms with Crippen LogP contribution in [0.2, 0.25) is 0 Å². The smallest absolute Gasteiger partial charge is 0.273 e. The van der Waals surface area contributed by atoms with E-state index in [2.05, 4.69) is 10.3 Å². The van der Waals surface area contributed by atoms with E-state index >= 15 is 0 Å². The maximum atomic E-state index is 12.2. The van der Waals surface area contributed by atoms with Gasteiger partial charge in [-0.3, -0.25) is 9.59 Å². The predicted molar refractivity (Wildman–Crippen MR) is 90.7 cm³/mol. The summed E-state index contributed by atoms with van der Waals surface area (Å²) in [7, 11) is 1.76. The Bertz CT molecular complexity index is 727. The average Bonchev–Trinajstić information content (AvgIpc) is 2.59. The molecule has 1 heterocycles. The van der Waals surface area contributed by atoms with Gasteiger partial charge in [0.1, 0.15) is 5.75 Å². The molecule has 0 spiro atoms. The van der Waals surface area contributed by atoms with Crippen molar-refractivity contribution in [3.63, 3.8) is 0 Å². The number of pyridine rings is 1. The average molecular weight is 327 g/mol. The van der Waals surface area contributed by atoms with Crippen LogP contribution in [0.3, 0.4) is 0 Å². The number of nitrogens with one attached hydrogen (secondary N) is 1. The van der Waals surface area contributed by atoms with Crippen molar-refractivity contribution in [3.8, 4) is 5.75 Å². The third-order valence-electron chi connectivity index (χ3n) is 3.75. The molecule has 0 bridgehead atoms. The van der Waals surface area contributed by atoms with Gasteiger partial charge in [-0.05, 0) is 43.7 Å². The minimum Gasteiger partial charge on any atom is -0.505 e. The first-order valence-corrected chi connectivity index (χ1v) is 7.68. The highest BCUT2D eigenvalue weighted by molar-refractivity contribution is 5.95. The number of nitrogens with zero attached hydrogens (tertiary/aromatic N) is 2. The van der Waals surface area contributed by atoms with Crippen LogP contribution in [-0.2, 0) is 6.54 Å². The highest BCUT2D eigenvalue weighted by Gasteiger charge is 2.14. The number of aromatic hydroxyl groups is 1. The van der Waals surface area contributed by atoms with E-state index in [1.54, 1.807) is 42.3 Å². The molecule has 0 saturated carbocycles. The molecule has 1 aromatic heterocycles. The first-order valence-electron chi connectivity index (χ1n) is 7.68. The minimum atomic E-state index is -0.451. The molecule has 0 atom stereocenters. The molecule has 2 rings (SSSR count). The van der Waals surface area contributed by atoms with Gasteiger partial charge in [0, 0.05) is 31.4 Å². The first-order chi connectivity index (χ1) is 11.4. The normalized spacial score (nSPS) is 10.5. The van der Waals surface area contributed by atoms with Crippen LogP contribution in [0.15, 0.2) is 42.6 Å². The lowest BCUT2D eigenvalue weighted by Crippen LogP contribution is -2.32. The lowest BCUT2D eigenvalue weighted by molar-refractivity contribution is 0.0754. The Balaban J connectivity index is 1.98. The Labute approximate surface area is 141 Å². The molecule has 2 N–H and O–H groups in total. The number of carbonyl (C=O) groups excluding carboxylic acids is 2. The van der Waals surface area contributed by atoms with Crippen molar-refractivity contribution in [2.75, 3.05) is 7.05 Å². The molecule has 0 saturated heterocycles. The molecule has 126 valence electrons. The fourth-order valence-electron chi connectivity index (χ4n) is 2.04. The van der Waals surface area contributed by atoms with E-state index in [1.807, 2.05) is 13.8 Å². The number of amides is 2.